The normalized spacial score (nSPS) is 20.1. The number of nitrogens with zero attached hydrogens (tertiary/aromatic N) is 1. The van der Waals surface area contributed by atoms with Crippen molar-refractivity contribution in [3.63, 3.8) is 0 Å². The number of carbonyl (C=O) groups excluding carboxylic acids is 1. The number of nitrogens with one attached hydrogen (secondary N) is 1. The Balaban J connectivity index is 1.97. The predicted octanol–water partition coefficient (Wildman–Crippen LogP) is 1.05. The lowest BCUT2D eigenvalue weighted by Gasteiger charge is -2.32. The molecule has 1 unspecified atom stereocenters. The van der Waals surface area contributed by atoms with E-state index in [1.807, 2.05) is 0 Å². The second kappa shape index (κ2) is 6.40. The van der Waals surface area contributed by atoms with Crippen LogP contribution in [0.5, 0.6) is 0 Å². The second-order valence-electron chi connectivity index (χ2n) is 4.75. The van der Waals surface area contributed by atoms with Gasteiger partial charge < -0.3 is 4.90 Å². The van der Waals surface area contributed by atoms with Crippen molar-refractivity contribution >= 4 is 39.1 Å². The van der Waals surface area contributed by atoms with E-state index in [4.69, 9.17) is 16.7 Å². The summed E-state index contributed by atoms with van der Waals surface area (Å²) >= 11 is 7.28. The number of hydrogen-bond donors (Lipinski definition) is 2. The van der Waals surface area contributed by atoms with E-state index in [2.05, 4.69) is 4.72 Å². The van der Waals surface area contributed by atoms with Gasteiger partial charge in [-0.25, -0.2) is 9.86 Å². The zero-order valence-corrected chi connectivity index (χ0v) is 13.1. The Morgan fingerprint density at radius 2 is 2.35 bits per heavy atom. The molecule has 3 N–H and O–H groups in total. The molecular formula is C11H16ClN3O3S2. The third kappa shape index (κ3) is 4.16. The molecule has 1 amide bonds. The van der Waals surface area contributed by atoms with Crippen molar-refractivity contribution in [2.75, 3.05) is 19.6 Å². The SMILES string of the molecule is NS(=O)(=O)NCC1CCCN(C(=O)c2sccc2Cl)C1. The van der Waals surface area contributed by atoms with E-state index in [-0.39, 0.29) is 18.4 Å². The van der Waals surface area contributed by atoms with Crippen molar-refractivity contribution in [2.24, 2.45) is 11.1 Å². The molecule has 6 nitrogen and oxygen atoms in total. The van der Waals surface area contributed by atoms with Crippen molar-refractivity contribution in [2.45, 2.75) is 12.8 Å². The predicted molar refractivity (Wildman–Crippen MR) is 79.1 cm³/mol. The minimum Gasteiger partial charge on any atom is -0.338 e. The highest BCUT2D eigenvalue weighted by Gasteiger charge is 2.26. The first-order valence-electron chi connectivity index (χ1n) is 6.16. The fourth-order valence-electron chi connectivity index (χ4n) is 2.24. The molecule has 0 radical (unpaired) electrons. The lowest BCUT2D eigenvalue weighted by molar-refractivity contribution is 0.0681. The molecule has 0 aromatic carbocycles. The highest BCUT2D eigenvalue weighted by atomic mass is 35.5. The lowest BCUT2D eigenvalue weighted by Crippen LogP contribution is -2.44. The van der Waals surface area contributed by atoms with E-state index >= 15 is 0 Å². The van der Waals surface area contributed by atoms with Crippen LogP contribution in [0.4, 0.5) is 0 Å². The molecular weight excluding hydrogens is 322 g/mol. The van der Waals surface area contributed by atoms with Crippen LogP contribution in [0.25, 0.3) is 0 Å². The summed E-state index contributed by atoms with van der Waals surface area (Å²) in [6.07, 6.45) is 1.70. The largest absolute Gasteiger partial charge is 0.338 e. The number of rotatable bonds is 4. The number of halogens is 1. The van der Waals surface area contributed by atoms with Crippen LogP contribution in [0, 0.1) is 5.92 Å². The maximum absolute atomic E-state index is 12.3. The van der Waals surface area contributed by atoms with Crippen LogP contribution < -0.4 is 9.86 Å². The van der Waals surface area contributed by atoms with Crippen molar-refractivity contribution in [3.8, 4) is 0 Å². The Labute approximate surface area is 127 Å². The van der Waals surface area contributed by atoms with E-state index < -0.39 is 10.2 Å². The molecule has 1 aliphatic rings. The molecule has 2 rings (SSSR count). The van der Waals surface area contributed by atoms with Crippen LogP contribution >= 0.6 is 22.9 Å². The Bertz CT molecular complexity index is 587. The number of likely N-dealkylation sites (tertiary alicyclic amines) is 1. The smallest absolute Gasteiger partial charge is 0.274 e. The fourth-order valence-corrected chi connectivity index (χ4v) is 3.81. The molecule has 0 spiro atoms. The van der Waals surface area contributed by atoms with Gasteiger partial charge in [-0.05, 0) is 30.2 Å². The first-order chi connectivity index (χ1) is 9.37. The van der Waals surface area contributed by atoms with Crippen LogP contribution in [0.15, 0.2) is 11.4 Å². The second-order valence-corrected chi connectivity index (χ2v) is 7.45. The Morgan fingerprint density at radius 3 is 2.95 bits per heavy atom. The number of nitrogens with two attached hydrogens (primary N) is 1. The first kappa shape index (κ1) is 15.7. The van der Waals surface area contributed by atoms with Gasteiger partial charge in [0.15, 0.2) is 0 Å². The third-order valence-electron chi connectivity index (χ3n) is 3.19. The van der Waals surface area contributed by atoms with Gasteiger partial charge in [0.25, 0.3) is 16.1 Å². The summed E-state index contributed by atoms with van der Waals surface area (Å²) in [4.78, 5) is 14.6. The molecule has 0 saturated carbocycles. The summed E-state index contributed by atoms with van der Waals surface area (Å²) in [7, 11) is -3.68. The van der Waals surface area contributed by atoms with Gasteiger partial charge in [-0.15, -0.1) is 11.3 Å². The average Bonchev–Trinajstić information content (AvgIpc) is 2.81. The quantitative estimate of drug-likeness (QED) is 0.860. The molecule has 1 saturated heterocycles. The molecule has 20 heavy (non-hydrogen) atoms. The molecule has 9 heteroatoms. The topological polar surface area (TPSA) is 92.5 Å². The summed E-state index contributed by atoms with van der Waals surface area (Å²) in [5.41, 5.74) is 0. The van der Waals surface area contributed by atoms with Crippen molar-refractivity contribution < 1.29 is 13.2 Å². The summed E-state index contributed by atoms with van der Waals surface area (Å²) in [5.74, 6) is -0.0185. The minimum absolute atomic E-state index is 0.0739. The van der Waals surface area contributed by atoms with Gasteiger partial charge in [0.1, 0.15) is 4.88 Å². The molecule has 1 aliphatic heterocycles. The van der Waals surface area contributed by atoms with E-state index in [0.29, 0.717) is 23.0 Å². The molecule has 0 aliphatic carbocycles. The molecule has 1 fully saturated rings. The maximum Gasteiger partial charge on any atom is 0.274 e. The van der Waals surface area contributed by atoms with Gasteiger partial charge in [0.05, 0.1) is 5.02 Å². The summed E-state index contributed by atoms with van der Waals surface area (Å²) in [6.45, 7) is 1.43. The van der Waals surface area contributed by atoms with E-state index in [1.54, 1.807) is 16.3 Å². The summed E-state index contributed by atoms with van der Waals surface area (Å²) < 4.78 is 24.1. The average molecular weight is 338 g/mol. The molecule has 2 heterocycles. The summed E-state index contributed by atoms with van der Waals surface area (Å²) in [5, 5.41) is 7.15. The van der Waals surface area contributed by atoms with Gasteiger partial charge >= 0.3 is 0 Å². The summed E-state index contributed by atoms with van der Waals surface area (Å²) in [6, 6.07) is 1.70. The molecule has 1 aromatic heterocycles. The first-order valence-corrected chi connectivity index (χ1v) is 8.97. The lowest BCUT2D eigenvalue weighted by atomic mass is 9.98. The highest BCUT2D eigenvalue weighted by molar-refractivity contribution is 7.87. The Kier molecular flexibility index (Phi) is 5.03. The van der Waals surface area contributed by atoms with Gasteiger partial charge in [-0.1, -0.05) is 11.6 Å². The maximum atomic E-state index is 12.3. The van der Waals surface area contributed by atoms with E-state index in [0.717, 1.165) is 12.8 Å². The van der Waals surface area contributed by atoms with Crippen LogP contribution in [-0.4, -0.2) is 38.9 Å². The third-order valence-corrected chi connectivity index (χ3v) is 5.09. The van der Waals surface area contributed by atoms with E-state index in [9.17, 15) is 13.2 Å². The zero-order chi connectivity index (χ0) is 14.8. The minimum atomic E-state index is -3.68. The Morgan fingerprint density at radius 1 is 1.60 bits per heavy atom. The number of thiophene rings is 1. The van der Waals surface area contributed by atoms with Crippen LogP contribution in [0.1, 0.15) is 22.5 Å². The van der Waals surface area contributed by atoms with Crippen molar-refractivity contribution in [1.29, 1.82) is 0 Å². The van der Waals surface area contributed by atoms with Crippen LogP contribution in [0.2, 0.25) is 5.02 Å². The molecule has 0 bridgehead atoms. The standard InChI is InChI=1S/C11H16ClN3O3S2/c12-9-3-5-19-10(9)11(16)15-4-1-2-8(7-15)6-14-20(13,17)18/h3,5,8,14H,1-2,4,6-7H2,(H2,13,17,18). The zero-order valence-electron chi connectivity index (χ0n) is 10.7. The monoisotopic (exact) mass is 337 g/mol. The van der Waals surface area contributed by atoms with E-state index in [1.165, 1.54) is 11.3 Å². The number of piperidine rings is 1. The number of amides is 1. The number of carbonyl (C=O) groups is 1. The Hall–Kier alpha value is -0.670. The molecule has 1 aromatic rings. The van der Waals surface area contributed by atoms with Gasteiger partial charge in [-0.3, -0.25) is 4.79 Å². The van der Waals surface area contributed by atoms with Crippen LogP contribution in [-0.2, 0) is 10.2 Å². The van der Waals surface area contributed by atoms with Gasteiger partial charge in [-0.2, -0.15) is 8.42 Å². The van der Waals surface area contributed by atoms with Gasteiger partial charge in [0.2, 0.25) is 0 Å². The van der Waals surface area contributed by atoms with Crippen LogP contribution in [0.3, 0.4) is 0 Å². The highest BCUT2D eigenvalue weighted by Crippen LogP contribution is 2.26. The van der Waals surface area contributed by atoms with Gasteiger partial charge in [0, 0.05) is 19.6 Å². The van der Waals surface area contributed by atoms with Crippen molar-refractivity contribution in [3.05, 3.63) is 21.3 Å². The molecule has 1 atom stereocenters. The fraction of sp³-hybridized carbons (Fsp3) is 0.545. The number of hydrogen-bond acceptors (Lipinski definition) is 4. The van der Waals surface area contributed by atoms with Crippen molar-refractivity contribution in [1.82, 2.24) is 9.62 Å². The molecule has 112 valence electrons.